The normalized spacial score (nSPS) is 12.7. The molecular weight excluding hydrogens is 985 g/mol. The number of unbranched alkanes of at least 4 members (excludes halogenated alkanes) is 35. The lowest BCUT2D eigenvalue weighted by Gasteiger charge is -2.18. The molecular formula is C74H128O6. The summed E-state index contributed by atoms with van der Waals surface area (Å²) in [5.74, 6) is -0.881. The van der Waals surface area contributed by atoms with E-state index in [1.807, 2.05) is 0 Å². The molecule has 0 N–H and O–H groups in total. The van der Waals surface area contributed by atoms with Crippen molar-refractivity contribution >= 4 is 17.9 Å². The zero-order chi connectivity index (χ0) is 57.8. The Morgan fingerprint density at radius 1 is 0.263 bits per heavy atom. The maximum atomic E-state index is 12.9. The molecule has 1 unspecified atom stereocenters. The molecule has 460 valence electrons. The van der Waals surface area contributed by atoms with Gasteiger partial charge in [-0.15, -0.1) is 0 Å². The Morgan fingerprint density at radius 3 is 0.762 bits per heavy atom. The van der Waals surface area contributed by atoms with E-state index in [4.69, 9.17) is 14.2 Å². The van der Waals surface area contributed by atoms with Crippen molar-refractivity contribution < 1.29 is 28.6 Å². The number of hydrogen-bond acceptors (Lipinski definition) is 6. The number of ether oxygens (including phenoxy) is 3. The predicted molar refractivity (Wildman–Crippen MR) is 348 cm³/mol. The van der Waals surface area contributed by atoms with Gasteiger partial charge in [0.05, 0.1) is 0 Å². The van der Waals surface area contributed by atoms with E-state index in [9.17, 15) is 14.4 Å². The van der Waals surface area contributed by atoms with Gasteiger partial charge in [-0.2, -0.15) is 0 Å². The summed E-state index contributed by atoms with van der Waals surface area (Å²) in [6.45, 7) is 6.54. The predicted octanol–water partition coefficient (Wildman–Crippen LogP) is 23.6. The van der Waals surface area contributed by atoms with Gasteiger partial charge in [0.15, 0.2) is 6.10 Å². The summed E-state index contributed by atoms with van der Waals surface area (Å²) in [6, 6.07) is 0. The second kappa shape index (κ2) is 67.8. The Labute approximate surface area is 496 Å². The van der Waals surface area contributed by atoms with Gasteiger partial charge in [0.1, 0.15) is 13.2 Å². The van der Waals surface area contributed by atoms with E-state index in [1.165, 1.54) is 180 Å². The lowest BCUT2D eigenvalue weighted by molar-refractivity contribution is -0.167. The second-order valence-electron chi connectivity index (χ2n) is 22.7. The second-order valence-corrected chi connectivity index (χ2v) is 22.7. The summed E-state index contributed by atoms with van der Waals surface area (Å²) < 4.78 is 17.0. The highest BCUT2D eigenvalue weighted by molar-refractivity contribution is 5.71. The zero-order valence-corrected chi connectivity index (χ0v) is 52.8. The molecule has 0 saturated carbocycles. The van der Waals surface area contributed by atoms with Crippen molar-refractivity contribution in [3.05, 3.63) is 97.2 Å². The van der Waals surface area contributed by atoms with Crippen LogP contribution in [0.4, 0.5) is 0 Å². The first kappa shape index (κ1) is 76.3. The van der Waals surface area contributed by atoms with Crippen LogP contribution in [0.3, 0.4) is 0 Å². The molecule has 0 fully saturated rings. The summed E-state index contributed by atoms with van der Waals surface area (Å²) in [6.07, 6.45) is 91.3. The minimum absolute atomic E-state index is 0.0804. The topological polar surface area (TPSA) is 78.9 Å². The molecule has 0 radical (unpaired) electrons. The summed E-state index contributed by atoms with van der Waals surface area (Å²) in [7, 11) is 0. The minimum Gasteiger partial charge on any atom is -0.462 e. The van der Waals surface area contributed by atoms with Crippen LogP contribution < -0.4 is 0 Å². The van der Waals surface area contributed by atoms with Crippen LogP contribution in [0.15, 0.2) is 97.2 Å². The van der Waals surface area contributed by atoms with Crippen LogP contribution in [0.5, 0.6) is 0 Å². The molecule has 0 aliphatic rings. The molecule has 0 aliphatic carbocycles. The van der Waals surface area contributed by atoms with E-state index in [-0.39, 0.29) is 31.1 Å². The summed E-state index contributed by atoms with van der Waals surface area (Å²) in [4.78, 5) is 38.4. The number of carbonyl (C=O) groups excluding carboxylic acids is 3. The molecule has 0 aromatic rings. The first-order valence-corrected chi connectivity index (χ1v) is 34.2. The minimum atomic E-state index is -0.786. The molecule has 0 aliphatic heterocycles. The van der Waals surface area contributed by atoms with Gasteiger partial charge < -0.3 is 14.2 Å². The molecule has 0 bridgehead atoms. The smallest absolute Gasteiger partial charge is 0.306 e. The van der Waals surface area contributed by atoms with Crippen LogP contribution in [-0.2, 0) is 28.6 Å². The lowest BCUT2D eigenvalue weighted by atomic mass is 10.0. The first-order valence-electron chi connectivity index (χ1n) is 34.2. The highest BCUT2D eigenvalue weighted by atomic mass is 16.6. The van der Waals surface area contributed by atoms with Crippen LogP contribution in [0, 0.1) is 0 Å². The standard InChI is InChI=1S/C74H128O6/c1-4-7-10-13-16-19-22-25-28-30-32-34-35-36-37-38-39-41-42-44-46-49-52-55-58-61-64-67-73(76)79-70-71(69-78-72(75)66-63-60-57-54-51-48-27-24-21-18-15-12-9-6-3)80-74(77)68-65-62-59-56-53-50-47-45-43-40-33-31-29-26-23-20-17-14-11-8-5-2/h7,10,16,19,23,25-26,28,31-34,36-37,43,45,71H,4-6,8-9,11-15,17-18,20-22,24,27,29-30,35,38-42,44,46-70H2,1-3H3/b10-7-,19-16-,26-23-,28-25-,33-31-,34-32-,37-36-,45-43-. The monoisotopic (exact) mass is 1110 g/mol. The van der Waals surface area contributed by atoms with Crippen molar-refractivity contribution in [3.8, 4) is 0 Å². The van der Waals surface area contributed by atoms with Gasteiger partial charge in [-0.05, 0) is 103 Å². The van der Waals surface area contributed by atoms with Crippen molar-refractivity contribution in [1.29, 1.82) is 0 Å². The molecule has 0 aromatic carbocycles. The lowest BCUT2D eigenvalue weighted by Crippen LogP contribution is -2.30. The van der Waals surface area contributed by atoms with E-state index in [0.29, 0.717) is 19.3 Å². The molecule has 0 heterocycles. The molecule has 6 nitrogen and oxygen atoms in total. The largest absolute Gasteiger partial charge is 0.462 e. The van der Waals surface area contributed by atoms with E-state index < -0.39 is 6.10 Å². The Morgan fingerprint density at radius 2 is 0.487 bits per heavy atom. The van der Waals surface area contributed by atoms with Crippen LogP contribution >= 0.6 is 0 Å². The van der Waals surface area contributed by atoms with E-state index in [0.717, 1.165) is 116 Å². The van der Waals surface area contributed by atoms with Gasteiger partial charge in [-0.1, -0.05) is 311 Å². The average Bonchev–Trinajstić information content (AvgIpc) is 3.46. The van der Waals surface area contributed by atoms with E-state index in [1.54, 1.807) is 0 Å². The summed E-state index contributed by atoms with van der Waals surface area (Å²) in [5.41, 5.74) is 0. The van der Waals surface area contributed by atoms with Gasteiger partial charge in [0.2, 0.25) is 0 Å². The Hall–Kier alpha value is -3.67. The SMILES string of the molecule is CC/C=C\C/C=C\C/C=C\C/C=C\C/C=C\CCCCCCCCCCCCCC(=O)OCC(COC(=O)CCCCCCCCCCCCCCCC)OC(=O)CCCCCCCC/C=C\C/C=C\C/C=C\CCCCCCC. The van der Waals surface area contributed by atoms with Gasteiger partial charge in [0.25, 0.3) is 0 Å². The Balaban J connectivity index is 4.34. The quantitative estimate of drug-likeness (QED) is 0.0261. The molecule has 0 spiro atoms. The van der Waals surface area contributed by atoms with Gasteiger partial charge in [-0.3, -0.25) is 14.4 Å². The third kappa shape index (κ3) is 65.1. The number of rotatable bonds is 62. The molecule has 0 saturated heterocycles. The molecule has 0 amide bonds. The van der Waals surface area contributed by atoms with Crippen molar-refractivity contribution in [3.63, 3.8) is 0 Å². The number of allylic oxidation sites excluding steroid dienone is 16. The van der Waals surface area contributed by atoms with Crippen LogP contribution in [-0.4, -0.2) is 37.2 Å². The highest BCUT2D eigenvalue weighted by Crippen LogP contribution is 2.17. The van der Waals surface area contributed by atoms with Crippen LogP contribution in [0.1, 0.15) is 335 Å². The van der Waals surface area contributed by atoms with Crippen molar-refractivity contribution in [2.45, 2.75) is 341 Å². The zero-order valence-electron chi connectivity index (χ0n) is 52.8. The molecule has 1 atom stereocenters. The van der Waals surface area contributed by atoms with Crippen LogP contribution in [0.25, 0.3) is 0 Å². The molecule has 80 heavy (non-hydrogen) atoms. The average molecular weight is 1110 g/mol. The van der Waals surface area contributed by atoms with Crippen molar-refractivity contribution in [1.82, 2.24) is 0 Å². The van der Waals surface area contributed by atoms with Crippen LogP contribution in [0.2, 0.25) is 0 Å². The third-order valence-corrected chi connectivity index (χ3v) is 14.8. The Bertz CT molecular complexity index is 1560. The summed E-state index contributed by atoms with van der Waals surface area (Å²) in [5, 5.41) is 0. The molecule has 0 aromatic heterocycles. The van der Waals surface area contributed by atoms with E-state index >= 15 is 0 Å². The third-order valence-electron chi connectivity index (χ3n) is 14.8. The maximum absolute atomic E-state index is 12.9. The van der Waals surface area contributed by atoms with Gasteiger partial charge in [-0.25, -0.2) is 0 Å². The fraction of sp³-hybridized carbons (Fsp3) is 0.743. The van der Waals surface area contributed by atoms with Gasteiger partial charge >= 0.3 is 17.9 Å². The number of carbonyl (C=O) groups is 3. The number of hydrogen-bond donors (Lipinski definition) is 0. The Kier molecular flexibility index (Phi) is 64.7. The fourth-order valence-electron chi connectivity index (χ4n) is 9.71. The maximum Gasteiger partial charge on any atom is 0.306 e. The highest BCUT2D eigenvalue weighted by Gasteiger charge is 2.19. The fourth-order valence-corrected chi connectivity index (χ4v) is 9.71. The first-order chi connectivity index (χ1) is 39.5. The molecule has 6 heteroatoms. The van der Waals surface area contributed by atoms with E-state index in [2.05, 4.69) is 118 Å². The summed E-state index contributed by atoms with van der Waals surface area (Å²) >= 11 is 0. The number of esters is 3. The van der Waals surface area contributed by atoms with Crippen molar-refractivity contribution in [2.75, 3.05) is 13.2 Å². The molecule has 0 rings (SSSR count). The van der Waals surface area contributed by atoms with Gasteiger partial charge in [0, 0.05) is 19.3 Å². The van der Waals surface area contributed by atoms with Crippen molar-refractivity contribution in [2.24, 2.45) is 0 Å².